The molecule has 1 aliphatic carbocycles. The van der Waals surface area contributed by atoms with Gasteiger partial charge in [-0.3, -0.25) is 14.4 Å². The first kappa shape index (κ1) is 18.9. The average Bonchev–Trinajstić information content (AvgIpc) is 3.37. The lowest BCUT2D eigenvalue weighted by Gasteiger charge is -2.23. The van der Waals surface area contributed by atoms with Gasteiger partial charge in [0.2, 0.25) is 5.91 Å². The fourth-order valence-electron chi connectivity index (χ4n) is 2.58. The molecule has 0 aliphatic heterocycles. The number of hydrogen-bond acceptors (Lipinski definition) is 3. The summed E-state index contributed by atoms with van der Waals surface area (Å²) >= 11 is 0. The number of rotatable bonds is 8. The fraction of sp³-hybridized carbons (Fsp3) is 0.500. The normalized spacial score (nSPS) is 15.8. The van der Waals surface area contributed by atoms with Crippen LogP contribution in [0, 0.1) is 0 Å². The molecule has 4 N–H and O–H groups in total. The predicted octanol–water partition coefficient (Wildman–Crippen LogP) is 0.155. The summed E-state index contributed by atoms with van der Waals surface area (Å²) in [5.74, 6) is -0.278. The zero-order chi connectivity index (χ0) is 18.4. The Morgan fingerprint density at radius 2 is 1.68 bits per heavy atom. The molecule has 0 heterocycles. The van der Waals surface area contributed by atoms with Crippen molar-refractivity contribution in [3.05, 3.63) is 24.3 Å². The van der Waals surface area contributed by atoms with Crippen LogP contribution in [0.15, 0.2) is 24.3 Å². The molecule has 0 aromatic heterocycles. The number of carbonyl (C=O) groups excluding carboxylic acids is 3. The summed E-state index contributed by atoms with van der Waals surface area (Å²) in [7, 11) is 0. The van der Waals surface area contributed by atoms with Crippen LogP contribution in [-0.2, 0) is 14.4 Å². The molecule has 0 bridgehead atoms. The van der Waals surface area contributed by atoms with Crippen LogP contribution in [0.5, 0.6) is 0 Å². The molecular weight excluding hydrogens is 320 g/mol. The van der Waals surface area contributed by atoms with Gasteiger partial charge in [0.1, 0.15) is 0 Å². The van der Waals surface area contributed by atoms with E-state index in [1.165, 1.54) is 6.92 Å². The number of benzene rings is 1. The molecule has 7 nitrogen and oxygen atoms in total. The Morgan fingerprint density at radius 1 is 1.12 bits per heavy atom. The van der Waals surface area contributed by atoms with Gasteiger partial charge in [0.05, 0.1) is 6.54 Å². The van der Waals surface area contributed by atoms with Gasteiger partial charge >= 0.3 is 0 Å². The van der Waals surface area contributed by atoms with E-state index in [-0.39, 0.29) is 30.3 Å². The zero-order valence-electron chi connectivity index (χ0n) is 15.0. The third kappa shape index (κ3) is 6.19. The van der Waals surface area contributed by atoms with Crippen LogP contribution in [-0.4, -0.2) is 42.9 Å². The number of anilines is 2. The number of quaternary nitrogens is 1. The highest BCUT2D eigenvalue weighted by molar-refractivity contribution is 5.93. The first-order chi connectivity index (χ1) is 11.9. The van der Waals surface area contributed by atoms with Crippen molar-refractivity contribution < 1.29 is 19.3 Å². The Labute approximate surface area is 148 Å². The van der Waals surface area contributed by atoms with E-state index in [1.54, 1.807) is 24.3 Å². The number of nitrogens with one attached hydrogen (secondary N) is 4. The van der Waals surface area contributed by atoms with E-state index in [1.807, 2.05) is 13.8 Å². The lowest BCUT2D eigenvalue weighted by molar-refractivity contribution is -0.904. The molecule has 3 amide bonds. The maximum absolute atomic E-state index is 12.3. The summed E-state index contributed by atoms with van der Waals surface area (Å²) in [6.07, 6.45) is 2.10. The molecule has 0 spiro atoms. The van der Waals surface area contributed by atoms with Gasteiger partial charge < -0.3 is 20.9 Å². The van der Waals surface area contributed by atoms with Crippen LogP contribution in [0.2, 0.25) is 0 Å². The highest BCUT2D eigenvalue weighted by Crippen LogP contribution is 2.18. The molecule has 1 aromatic carbocycles. The molecule has 136 valence electrons. The van der Waals surface area contributed by atoms with Crippen molar-refractivity contribution in [3.63, 3.8) is 0 Å². The van der Waals surface area contributed by atoms with E-state index in [0.29, 0.717) is 24.0 Å². The number of hydrogen-bond donors (Lipinski definition) is 4. The maximum atomic E-state index is 12.3. The second-order valence-corrected chi connectivity index (χ2v) is 6.50. The molecule has 2 atom stereocenters. The standard InChI is InChI=1S/C18H26N4O3/c1-4-22(12(2)18(25)21-16-9-10-16)11-17(24)20-15-7-5-14(6-8-15)19-13(3)23/h5-8,12,16H,4,9-11H2,1-3H3,(H,19,23)(H,20,24)(H,21,25)/p+1/t12-/m1/s1. The Balaban J connectivity index is 1.86. The van der Waals surface area contributed by atoms with Crippen molar-refractivity contribution >= 4 is 29.1 Å². The molecule has 25 heavy (non-hydrogen) atoms. The van der Waals surface area contributed by atoms with Crippen molar-refractivity contribution in [1.82, 2.24) is 5.32 Å². The molecule has 1 saturated carbocycles. The van der Waals surface area contributed by atoms with Crippen LogP contribution in [0.1, 0.15) is 33.6 Å². The van der Waals surface area contributed by atoms with Crippen molar-refractivity contribution in [2.45, 2.75) is 45.7 Å². The van der Waals surface area contributed by atoms with Crippen molar-refractivity contribution in [1.29, 1.82) is 0 Å². The van der Waals surface area contributed by atoms with E-state index in [2.05, 4.69) is 16.0 Å². The smallest absolute Gasteiger partial charge is 0.279 e. The first-order valence-electron chi connectivity index (χ1n) is 8.71. The molecule has 0 saturated heterocycles. The van der Waals surface area contributed by atoms with E-state index >= 15 is 0 Å². The third-order valence-corrected chi connectivity index (χ3v) is 4.26. The summed E-state index contributed by atoms with van der Waals surface area (Å²) in [5.41, 5.74) is 1.33. The number of carbonyl (C=O) groups is 3. The Hall–Kier alpha value is -2.41. The molecule has 0 radical (unpaired) electrons. The topological polar surface area (TPSA) is 91.7 Å². The second kappa shape index (κ2) is 8.62. The molecule has 7 heteroatoms. The Kier molecular flexibility index (Phi) is 6.52. The second-order valence-electron chi connectivity index (χ2n) is 6.50. The van der Waals surface area contributed by atoms with Gasteiger partial charge in [-0.1, -0.05) is 0 Å². The minimum atomic E-state index is -0.265. The minimum Gasteiger partial charge on any atom is -0.348 e. The van der Waals surface area contributed by atoms with E-state index in [0.717, 1.165) is 17.7 Å². The maximum Gasteiger partial charge on any atom is 0.279 e. The van der Waals surface area contributed by atoms with Gasteiger partial charge in [-0.2, -0.15) is 0 Å². The molecule has 1 aromatic rings. The Bertz CT molecular complexity index is 626. The SMILES string of the molecule is CC[NH+](CC(=O)Nc1ccc(NC(C)=O)cc1)[C@H](C)C(=O)NC1CC1. The summed E-state index contributed by atoms with van der Waals surface area (Å²) in [6, 6.07) is 6.98. The molecule has 1 aliphatic rings. The summed E-state index contributed by atoms with van der Waals surface area (Å²) in [4.78, 5) is 36.4. The molecule has 2 rings (SSSR count). The largest absolute Gasteiger partial charge is 0.348 e. The number of likely N-dealkylation sites (N-methyl/N-ethyl adjacent to an activating group) is 1. The molecule has 1 unspecified atom stereocenters. The van der Waals surface area contributed by atoms with E-state index < -0.39 is 0 Å². The quantitative estimate of drug-likeness (QED) is 0.540. The van der Waals surface area contributed by atoms with Gasteiger partial charge in [-0.05, 0) is 51.0 Å². The minimum absolute atomic E-state index is 0.00631. The zero-order valence-corrected chi connectivity index (χ0v) is 15.0. The van der Waals surface area contributed by atoms with Crippen LogP contribution in [0.25, 0.3) is 0 Å². The van der Waals surface area contributed by atoms with Crippen molar-refractivity contribution in [2.24, 2.45) is 0 Å². The van der Waals surface area contributed by atoms with Crippen LogP contribution in [0.4, 0.5) is 11.4 Å². The predicted molar refractivity (Wildman–Crippen MR) is 96.4 cm³/mol. The van der Waals surface area contributed by atoms with Gasteiger partial charge in [0, 0.05) is 24.3 Å². The highest BCUT2D eigenvalue weighted by atomic mass is 16.2. The lowest BCUT2D eigenvalue weighted by Crippen LogP contribution is -3.17. The fourth-order valence-corrected chi connectivity index (χ4v) is 2.58. The lowest BCUT2D eigenvalue weighted by atomic mass is 10.2. The van der Waals surface area contributed by atoms with Crippen LogP contribution in [0.3, 0.4) is 0 Å². The van der Waals surface area contributed by atoms with Crippen LogP contribution < -0.4 is 20.9 Å². The number of amides is 3. The van der Waals surface area contributed by atoms with Gasteiger partial charge in [-0.25, -0.2) is 0 Å². The summed E-state index contributed by atoms with van der Waals surface area (Å²) in [5, 5.41) is 8.49. The first-order valence-corrected chi connectivity index (χ1v) is 8.71. The van der Waals surface area contributed by atoms with Crippen molar-refractivity contribution in [2.75, 3.05) is 23.7 Å². The highest BCUT2D eigenvalue weighted by Gasteiger charge is 2.30. The van der Waals surface area contributed by atoms with Gasteiger partial charge in [0.15, 0.2) is 12.6 Å². The molecular formula is C18H27N4O3+. The monoisotopic (exact) mass is 347 g/mol. The average molecular weight is 347 g/mol. The summed E-state index contributed by atoms with van der Waals surface area (Å²) < 4.78 is 0. The molecule has 1 fully saturated rings. The van der Waals surface area contributed by atoms with Crippen molar-refractivity contribution in [3.8, 4) is 0 Å². The van der Waals surface area contributed by atoms with E-state index in [4.69, 9.17) is 0 Å². The van der Waals surface area contributed by atoms with E-state index in [9.17, 15) is 14.4 Å². The third-order valence-electron chi connectivity index (χ3n) is 4.26. The Morgan fingerprint density at radius 3 is 2.16 bits per heavy atom. The van der Waals surface area contributed by atoms with Gasteiger partial charge in [-0.15, -0.1) is 0 Å². The van der Waals surface area contributed by atoms with Crippen LogP contribution >= 0.6 is 0 Å². The van der Waals surface area contributed by atoms with Gasteiger partial charge in [0.25, 0.3) is 11.8 Å². The summed E-state index contributed by atoms with van der Waals surface area (Å²) in [6.45, 7) is 6.17.